The topological polar surface area (TPSA) is 92.3 Å². The van der Waals surface area contributed by atoms with Crippen molar-refractivity contribution in [3.8, 4) is 11.5 Å². The summed E-state index contributed by atoms with van der Waals surface area (Å²) >= 11 is 4.84. The fourth-order valence-electron chi connectivity index (χ4n) is 4.19. The van der Waals surface area contributed by atoms with Crippen molar-refractivity contribution in [3.05, 3.63) is 58.1 Å². The molecule has 2 aromatic carbocycles. The maximum atomic E-state index is 13.4. The molecule has 2 aliphatic rings. The van der Waals surface area contributed by atoms with E-state index >= 15 is 0 Å². The lowest BCUT2D eigenvalue weighted by atomic mass is 9.98. The van der Waals surface area contributed by atoms with Gasteiger partial charge < -0.3 is 14.8 Å². The number of halogens is 1. The van der Waals surface area contributed by atoms with Gasteiger partial charge in [-0.3, -0.25) is 14.9 Å². The van der Waals surface area contributed by atoms with E-state index in [-0.39, 0.29) is 35.1 Å². The first-order chi connectivity index (χ1) is 16.9. The summed E-state index contributed by atoms with van der Waals surface area (Å²) < 4.78 is 11.8. The molecule has 0 bridgehead atoms. The SMILES string of the molecule is CCC1CC(=O)NC(SCC(=O)N2N=C(c3ccc(Br)cc3)CC2c2ccc(OC)c(OC)c2)N1. The lowest BCUT2D eigenvalue weighted by Crippen LogP contribution is -2.54. The largest absolute Gasteiger partial charge is 0.493 e. The van der Waals surface area contributed by atoms with E-state index in [1.807, 2.05) is 49.4 Å². The Hall–Kier alpha value is -2.56. The number of carbonyl (C=O) groups is 2. The van der Waals surface area contributed by atoms with Gasteiger partial charge in [0.1, 0.15) is 5.50 Å². The van der Waals surface area contributed by atoms with Crippen LogP contribution in [0.3, 0.4) is 0 Å². The molecule has 35 heavy (non-hydrogen) atoms. The molecule has 2 amide bonds. The molecule has 2 aromatic rings. The van der Waals surface area contributed by atoms with E-state index in [0.29, 0.717) is 24.3 Å². The van der Waals surface area contributed by atoms with Crippen molar-refractivity contribution < 1.29 is 19.1 Å². The van der Waals surface area contributed by atoms with Gasteiger partial charge in [0.2, 0.25) is 5.91 Å². The van der Waals surface area contributed by atoms with Gasteiger partial charge in [-0.25, -0.2) is 5.01 Å². The molecule has 4 rings (SSSR count). The number of amides is 2. The molecular formula is C25H29BrN4O4S. The molecule has 0 radical (unpaired) electrons. The second-order valence-electron chi connectivity index (χ2n) is 8.36. The molecule has 8 nitrogen and oxygen atoms in total. The summed E-state index contributed by atoms with van der Waals surface area (Å²) in [5.41, 5.74) is 2.41. The average Bonchev–Trinajstić information content (AvgIpc) is 3.32. The molecule has 3 atom stereocenters. The van der Waals surface area contributed by atoms with E-state index in [1.54, 1.807) is 19.2 Å². The van der Waals surface area contributed by atoms with Crippen LogP contribution in [-0.2, 0) is 9.59 Å². The number of hydrogen-bond donors (Lipinski definition) is 2. The summed E-state index contributed by atoms with van der Waals surface area (Å²) in [6, 6.07) is 13.4. The Morgan fingerprint density at radius 1 is 1.14 bits per heavy atom. The highest BCUT2D eigenvalue weighted by molar-refractivity contribution is 9.10. The number of hydrogen-bond acceptors (Lipinski definition) is 7. The highest BCUT2D eigenvalue weighted by Crippen LogP contribution is 2.37. The molecule has 2 aliphatic heterocycles. The van der Waals surface area contributed by atoms with Gasteiger partial charge in [0.05, 0.1) is 31.7 Å². The molecular weight excluding hydrogens is 532 g/mol. The molecule has 1 saturated heterocycles. The predicted octanol–water partition coefficient (Wildman–Crippen LogP) is 4.05. The van der Waals surface area contributed by atoms with Crippen molar-refractivity contribution in [3.63, 3.8) is 0 Å². The van der Waals surface area contributed by atoms with E-state index in [4.69, 9.17) is 14.6 Å². The number of nitrogens with one attached hydrogen (secondary N) is 2. The molecule has 0 aromatic heterocycles. The first kappa shape index (κ1) is 25.5. The van der Waals surface area contributed by atoms with E-state index in [9.17, 15) is 9.59 Å². The Kier molecular flexibility index (Phi) is 8.35. The molecule has 3 unspecified atom stereocenters. The summed E-state index contributed by atoms with van der Waals surface area (Å²) in [4.78, 5) is 25.4. The van der Waals surface area contributed by atoms with Crippen LogP contribution in [0.25, 0.3) is 0 Å². The number of benzene rings is 2. The smallest absolute Gasteiger partial charge is 0.253 e. The summed E-state index contributed by atoms with van der Waals surface area (Å²) in [6.45, 7) is 2.04. The molecule has 0 saturated carbocycles. The van der Waals surface area contributed by atoms with Crippen LogP contribution in [-0.4, -0.2) is 54.0 Å². The Balaban J connectivity index is 1.56. The second-order valence-corrected chi connectivity index (χ2v) is 10.4. The van der Waals surface area contributed by atoms with E-state index in [0.717, 1.165) is 27.7 Å². The minimum atomic E-state index is -0.304. The number of nitrogens with zero attached hydrogens (tertiary/aromatic N) is 2. The zero-order valence-corrected chi connectivity index (χ0v) is 22.3. The summed E-state index contributed by atoms with van der Waals surface area (Å²) in [7, 11) is 3.19. The summed E-state index contributed by atoms with van der Waals surface area (Å²) in [5.74, 6) is 1.27. The zero-order chi connectivity index (χ0) is 24.9. The van der Waals surface area contributed by atoms with E-state index in [1.165, 1.54) is 11.8 Å². The molecule has 2 N–H and O–H groups in total. The van der Waals surface area contributed by atoms with Gasteiger partial charge in [-0.15, -0.1) is 11.8 Å². The fourth-order valence-corrected chi connectivity index (χ4v) is 5.40. The third kappa shape index (κ3) is 5.99. The first-order valence-electron chi connectivity index (χ1n) is 11.5. The van der Waals surface area contributed by atoms with Crippen molar-refractivity contribution in [2.45, 2.75) is 43.8 Å². The molecule has 186 valence electrons. The Morgan fingerprint density at radius 2 is 1.89 bits per heavy atom. The van der Waals surface area contributed by atoms with Crippen LogP contribution in [0, 0.1) is 0 Å². The van der Waals surface area contributed by atoms with Crippen LogP contribution >= 0.6 is 27.7 Å². The monoisotopic (exact) mass is 560 g/mol. The van der Waals surface area contributed by atoms with Gasteiger partial charge in [0.15, 0.2) is 11.5 Å². The van der Waals surface area contributed by atoms with Gasteiger partial charge in [0.25, 0.3) is 5.91 Å². The predicted molar refractivity (Wildman–Crippen MR) is 141 cm³/mol. The van der Waals surface area contributed by atoms with Gasteiger partial charge in [-0.1, -0.05) is 41.1 Å². The normalized spacial score (nSPS) is 21.9. The van der Waals surface area contributed by atoms with Crippen molar-refractivity contribution in [1.29, 1.82) is 0 Å². The zero-order valence-electron chi connectivity index (χ0n) is 19.9. The van der Waals surface area contributed by atoms with Crippen molar-refractivity contribution in [2.24, 2.45) is 5.10 Å². The van der Waals surface area contributed by atoms with Crippen LogP contribution in [0.1, 0.15) is 43.4 Å². The number of thioether (sulfide) groups is 1. The van der Waals surface area contributed by atoms with Gasteiger partial charge in [-0.05, 0) is 41.8 Å². The second kappa shape index (κ2) is 11.5. The molecule has 0 spiro atoms. The summed E-state index contributed by atoms with van der Waals surface area (Å²) in [5, 5.41) is 12.6. The number of rotatable bonds is 8. The lowest BCUT2D eigenvalue weighted by molar-refractivity contribution is -0.130. The number of carbonyl (C=O) groups excluding carboxylic acids is 2. The van der Waals surface area contributed by atoms with Gasteiger partial charge in [-0.2, -0.15) is 5.10 Å². The van der Waals surface area contributed by atoms with Crippen LogP contribution in [0.15, 0.2) is 52.0 Å². The van der Waals surface area contributed by atoms with Crippen LogP contribution in [0.5, 0.6) is 11.5 Å². The Bertz CT molecular complexity index is 1110. The standard InChI is InChI=1S/C25H29BrN4O4S/c1-4-18-12-23(31)28-25(27-18)35-14-24(32)30-20(16-7-10-21(33-2)22(11-16)34-3)13-19(29-30)15-5-8-17(26)9-6-15/h5-11,18,20,25,27H,4,12-14H2,1-3H3,(H,28,31). The maximum Gasteiger partial charge on any atom is 0.253 e. The van der Waals surface area contributed by atoms with Crippen molar-refractivity contribution >= 4 is 45.2 Å². The highest BCUT2D eigenvalue weighted by atomic mass is 79.9. The quantitative estimate of drug-likeness (QED) is 0.506. The first-order valence-corrected chi connectivity index (χ1v) is 13.3. The average molecular weight is 562 g/mol. The molecule has 1 fully saturated rings. The lowest BCUT2D eigenvalue weighted by Gasteiger charge is -2.31. The van der Waals surface area contributed by atoms with E-state index < -0.39 is 0 Å². The van der Waals surface area contributed by atoms with E-state index in [2.05, 4.69) is 26.6 Å². The van der Waals surface area contributed by atoms with Gasteiger partial charge in [0, 0.05) is 23.4 Å². The Labute approximate surface area is 217 Å². The minimum Gasteiger partial charge on any atom is -0.493 e. The maximum absolute atomic E-state index is 13.4. The molecule has 0 aliphatic carbocycles. The Morgan fingerprint density at radius 3 is 2.57 bits per heavy atom. The van der Waals surface area contributed by atoms with Crippen LogP contribution in [0.4, 0.5) is 0 Å². The third-order valence-corrected chi connectivity index (χ3v) is 7.64. The number of ether oxygens (including phenoxy) is 2. The highest BCUT2D eigenvalue weighted by Gasteiger charge is 2.34. The number of methoxy groups -OCH3 is 2. The minimum absolute atomic E-state index is 0.000436. The summed E-state index contributed by atoms with van der Waals surface area (Å²) in [6.07, 6.45) is 1.88. The van der Waals surface area contributed by atoms with Crippen molar-refractivity contribution in [2.75, 3.05) is 20.0 Å². The number of hydrazone groups is 1. The molecule has 2 heterocycles. The van der Waals surface area contributed by atoms with Crippen LogP contribution in [0.2, 0.25) is 0 Å². The fraction of sp³-hybridized carbons (Fsp3) is 0.400. The third-order valence-electron chi connectivity index (χ3n) is 6.11. The van der Waals surface area contributed by atoms with Gasteiger partial charge >= 0.3 is 0 Å². The van der Waals surface area contributed by atoms with Crippen LogP contribution < -0.4 is 20.1 Å². The van der Waals surface area contributed by atoms with Crippen molar-refractivity contribution in [1.82, 2.24) is 15.6 Å². The molecule has 10 heteroatoms.